The highest BCUT2D eigenvalue weighted by Crippen LogP contribution is 2.42. The number of hydrogen-bond donors (Lipinski definition) is 1. The molecular formula is C23H28ClNO2. The molecule has 3 nitrogen and oxygen atoms in total. The standard InChI is InChI=1S/C23H28ClNO2/c1-4-17(3)27-21-12-11-20(15-16(21)2)25-22(26)23(13-5-6-14-23)18-7-9-19(24)10-8-18/h7-12,15,17H,4-6,13-14H2,1-3H3,(H,25,26)/t17-/m0/s1. The summed E-state index contributed by atoms with van der Waals surface area (Å²) in [5.74, 6) is 0.938. The van der Waals surface area contributed by atoms with E-state index in [9.17, 15) is 4.79 Å². The molecule has 4 heteroatoms. The lowest BCUT2D eigenvalue weighted by Gasteiger charge is -2.28. The first-order valence-electron chi connectivity index (χ1n) is 9.79. The van der Waals surface area contributed by atoms with Gasteiger partial charge in [-0.25, -0.2) is 0 Å². The Kier molecular flexibility index (Phi) is 6.11. The summed E-state index contributed by atoms with van der Waals surface area (Å²) in [6.07, 6.45) is 5.01. The Balaban J connectivity index is 1.80. The molecule has 0 unspecified atom stereocenters. The van der Waals surface area contributed by atoms with Gasteiger partial charge in [0.05, 0.1) is 11.5 Å². The van der Waals surface area contributed by atoms with E-state index in [1.165, 1.54) is 0 Å². The van der Waals surface area contributed by atoms with Crippen molar-refractivity contribution in [2.75, 3.05) is 5.32 Å². The quantitative estimate of drug-likeness (QED) is 0.635. The van der Waals surface area contributed by atoms with Crippen LogP contribution in [-0.2, 0) is 10.2 Å². The van der Waals surface area contributed by atoms with Crippen molar-refractivity contribution >= 4 is 23.2 Å². The van der Waals surface area contributed by atoms with E-state index in [4.69, 9.17) is 16.3 Å². The Morgan fingerprint density at radius 1 is 1.19 bits per heavy atom. The van der Waals surface area contributed by atoms with Gasteiger partial charge < -0.3 is 10.1 Å². The normalized spacial score (nSPS) is 16.7. The number of carbonyl (C=O) groups excluding carboxylic acids is 1. The molecule has 2 aromatic carbocycles. The molecule has 1 aliphatic carbocycles. The molecule has 0 radical (unpaired) electrons. The van der Waals surface area contributed by atoms with E-state index in [2.05, 4.69) is 19.2 Å². The van der Waals surface area contributed by atoms with Crippen molar-refractivity contribution in [3.8, 4) is 5.75 Å². The third-order valence-corrected chi connectivity index (χ3v) is 5.88. The molecule has 0 aromatic heterocycles. The average molecular weight is 386 g/mol. The molecule has 1 amide bonds. The van der Waals surface area contributed by atoms with Crippen LogP contribution in [0.4, 0.5) is 5.69 Å². The number of benzene rings is 2. The fourth-order valence-corrected chi connectivity index (χ4v) is 3.93. The fraction of sp³-hybridized carbons (Fsp3) is 0.435. The Labute approximate surface area is 167 Å². The van der Waals surface area contributed by atoms with E-state index in [1.54, 1.807) is 0 Å². The molecule has 1 atom stereocenters. The van der Waals surface area contributed by atoms with Crippen LogP contribution in [0.3, 0.4) is 0 Å². The van der Waals surface area contributed by atoms with E-state index in [0.29, 0.717) is 5.02 Å². The van der Waals surface area contributed by atoms with Gasteiger partial charge in [0.15, 0.2) is 0 Å². The number of nitrogens with one attached hydrogen (secondary N) is 1. The minimum Gasteiger partial charge on any atom is -0.490 e. The summed E-state index contributed by atoms with van der Waals surface area (Å²) in [7, 11) is 0. The molecule has 27 heavy (non-hydrogen) atoms. The maximum absolute atomic E-state index is 13.3. The highest BCUT2D eigenvalue weighted by Gasteiger charge is 2.42. The lowest BCUT2D eigenvalue weighted by atomic mass is 9.78. The van der Waals surface area contributed by atoms with Crippen molar-refractivity contribution in [3.05, 3.63) is 58.6 Å². The smallest absolute Gasteiger partial charge is 0.235 e. The predicted octanol–water partition coefficient (Wildman–Crippen LogP) is 6.28. The molecule has 1 saturated carbocycles. The van der Waals surface area contributed by atoms with Crippen LogP contribution in [-0.4, -0.2) is 12.0 Å². The topological polar surface area (TPSA) is 38.3 Å². The van der Waals surface area contributed by atoms with Crippen molar-refractivity contribution in [2.24, 2.45) is 0 Å². The van der Waals surface area contributed by atoms with Crippen molar-refractivity contribution in [1.82, 2.24) is 0 Å². The fourth-order valence-electron chi connectivity index (χ4n) is 3.80. The first-order valence-corrected chi connectivity index (χ1v) is 10.2. The summed E-state index contributed by atoms with van der Waals surface area (Å²) in [5.41, 5.74) is 2.43. The molecule has 3 rings (SSSR count). The van der Waals surface area contributed by atoms with Crippen molar-refractivity contribution < 1.29 is 9.53 Å². The summed E-state index contributed by atoms with van der Waals surface area (Å²) in [4.78, 5) is 13.3. The van der Waals surface area contributed by atoms with Gasteiger partial charge in [-0.15, -0.1) is 0 Å². The maximum Gasteiger partial charge on any atom is 0.235 e. The zero-order valence-electron chi connectivity index (χ0n) is 16.3. The van der Waals surface area contributed by atoms with E-state index in [1.807, 2.05) is 49.4 Å². The average Bonchev–Trinajstić information content (AvgIpc) is 3.15. The second-order valence-corrected chi connectivity index (χ2v) is 8.00. The number of halogens is 1. The molecule has 1 aliphatic rings. The number of aryl methyl sites for hydroxylation is 1. The number of hydrogen-bond acceptors (Lipinski definition) is 2. The molecule has 0 spiro atoms. The summed E-state index contributed by atoms with van der Waals surface area (Å²) in [6.45, 7) is 6.18. The van der Waals surface area contributed by atoms with E-state index >= 15 is 0 Å². The summed E-state index contributed by atoms with van der Waals surface area (Å²) in [5, 5.41) is 3.84. The Hall–Kier alpha value is -2.00. The van der Waals surface area contributed by atoms with Crippen LogP contribution in [0.2, 0.25) is 5.02 Å². The largest absolute Gasteiger partial charge is 0.490 e. The molecule has 1 N–H and O–H groups in total. The SMILES string of the molecule is CC[C@H](C)Oc1ccc(NC(=O)C2(c3ccc(Cl)cc3)CCCC2)cc1C. The maximum atomic E-state index is 13.3. The molecule has 0 saturated heterocycles. The van der Waals surface area contributed by atoms with Gasteiger partial charge in [-0.2, -0.15) is 0 Å². The Morgan fingerprint density at radius 3 is 2.44 bits per heavy atom. The zero-order chi connectivity index (χ0) is 19.4. The van der Waals surface area contributed by atoms with E-state index < -0.39 is 5.41 Å². The lowest BCUT2D eigenvalue weighted by molar-refractivity contribution is -0.121. The van der Waals surface area contributed by atoms with Gasteiger partial charge in [0.2, 0.25) is 5.91 Å². The van der Waals surface area contributed by atoms with Crippen LogP contribution in [0.1, 0.15) is 57.1 Å². The minimum absolute atomic E-state index is 0.0670. The van der Waals surface area contributed by atoms with E-state index in [-0.39, 0.29) is 12.0 Å². The van der Waals surface area contributed by atoms with Crippen molar-refractivity contribution in [1.29, 1.82) is 0 Å². The van der Waals surface area contributed by atoms with Crippen LogP contribution in [0.25, 0.3) is 0 Å². The van der Waals surface area contributed by atoms with Gasteiger partial charge in [-0.05, 0) is 74.6 Å². The van der Waals surface area contributed by atoms with Crippen molar-refractivity contribution in [3.63, 3.8) is 0 Å². The minimum atomic E-state index is -0.468. The second-order valence-electron chi connectivity index (χ2n) is 7.57. The van der Waals surface area contributed by atoms with Crippen LogP contribution in [0.5, 0.6) is 5.75 Å². The zero-order valence-corrected chi connectivity index (χ0v) is 17.1. The summed E-state index contributed by atoms with van der Waals surface area (Å²) < 4.78 is 5.93. The molecule has 0 bridgehead atoms. The third kappa shape index (κ3) is 4.30. The highest BCUT2D eigenvalue weighted by atomic mass is 35.5. The van der Waals surface area contributed by atoms with Gasteiger partial charge in [0.1, 0.15) is 5.75 Å². The summed E-state index contributed by atoms with van der Waals surface area (Å²) in [6, 6.07) is 13.6. The van der Waals surface area contributed by atoms with Gasteiger partial charge in [0.25, 0.3) is 0 Å². The van der Waals surface area contributed by atoms with Crippen LogP contribution >= 0.6 is 11.6 Å². The monoisotopic (exact) mass is 385 g/mol. The van der Waals surface area contributed by atoms with E-state index in [0.717, 1.165) is 54.7 Å². The lowest BCUT2D eigenvalue weighted by Crippen LogP contribution is -2.38. The molecule has 0 aliphatic heterocycles. The van der Waals surface area contributed by atoms with Gasteiger partial charge in [-0.3, -0.25) is 4.79 Å². The Bertz CT molecular complexity index is 795. The summed E-state index contributed by atoms with van der Waals surface area (Å²) >= 11 is 6.04. The van der Waals surface area contributed by atoms with Crippen LogP contribution in [0.15, 0.2) is 42.5 Å². The highest BCUT2D eigenvalue weighted by molar-refractivity contribution is 6.30. The molecule has 1 fully saturated rings. The molecular weight excluding hydrogens is 358 g/mol. The van der Waals surface area contributed by atoms with Crippen LogP contribution < -0.4 is 10.1 Å². The number of carbonyl (C=O) groups is 1. The van der Waals surface area contributed by atoms with Gasteiger partial charge >= 0.3 is 0 Å². The number of rotatable bonds is 6. The number of anilines is 1. The number of amides is 1. The molecule has 144 valence electrons. The first kappa shape index (κ1) is 19.8. The predicted molar refractivity (Wildman–Crippen MR) is 112 cm³/mol. The number of ether oxygens (including phenoxy) is 1. The van der Waals surface area contributed by atoms with Gasteiger partial charge in [-0.1, -0.05) is 43.5 Å². The third-order valence-electron chi connectivity index (χ3n) is 5.62. The molecule has 0 heterocycles. The first-order chi connectivity index (χ1) is 12.9. The molecule has 2 aromatic rings. The van der Waals surface area contributed by atoms with Crippen molar-refractivity contribution in [2.45, 2.75) is 64.4 Å². The van der Waals surface area contributed by atoms with Gasteiger partial charge in [0, 0.05) is 10.7 Å². The Morgan fingerprint density at radius 2 is 1.85 bits per heavy atom. The van der Waals surface area contributed by atoms with Crippen LogP contribution in [0, 0.1) is 6.92 Å². The second kappa shape index (κ2) is 8.35.